The van der Waals surface area contributed by atoms with Crippen LogP contribution in [0.1, 0.15) is 23.1 Å². The second-order valence-electron chi connectivity index (χ2n) is 5.19. The van der Waals surface area contributed by atoms with E-state index in [4.69, 9.17) is 5.53 Å². The van der Waals surface area contributed by atoms with Gasteiger partial charge >= 0.3 is 0 Å². The van der Waals surface area contributed by atoms with Gasteiger partial charge in [-0.3, -0.25) is 4.79 Å². The summed E-state index contributed by atoms with van der Waals surface area (Å²) in [6.07, 6.45) is 0.490. The lowest BCUT2D eigenvalue weighted by Crippen LogP contribution is -2.25. The van der Waals surface area contributed by atoms with Gasteiger partial charge in [0.1, 0.15) is 0 Å². The van der Waals surface area contributed by atoms with Gasteiger partial charge < -0.3 is 4.90 Å². The molecule has 0 saturated carbocycles. The Hall–Kier alpha value is -2.00. The molecular formula is C14H18N4O. The van der Waals surface area contributed by atoms with Crippen molar-refractivity contribution in [3.05, 3.63) is 45.3 Å². The van der Waals surface area contributed by atoms with Crippen LogP contribution in [0.25, 0.3) is 10.4 Å². The van der Waals surface area contributed by atoms with Crippen molar-refractivity contribution < 1.29 is 4.79 Å². The smallest absolute Gasteiger partial charge is 0.223 e. The van der Waals surface area contributed by atoms with Crippen LogP contribution in [0.3, 0.4) is 0 Å². The van der Waals surface area contributed by atoms with Crippen molar-refractivity contribution in [2.24, 2.45) is 11.0 Å². The van der Waals surface area contributed by atoms with Crippen LogP contribution in [0.5, 0.6) is 0 Å². The summed E-state index contributed by atoms with van der Waals surface area (Å²) < 4.78 is 0. The van der Waals surface area contributed by atoms with Gasteiger partial charge in [-0.25, -0.2) is 0 Å². The Morgan fingerprint density at radius 1 is 1.47 bits per heavy atom. The molecule has 1 aromatic rings. The fourth-order valence-corrected chi connectivity index (χ4v) is 2.51. The molecular weight excluding hydrogens is 240 g/mol. The lowest BCUT2D eigenvalue weighted by Gasteiger charge is -2.18. The van der Waals surface area contributed by atoms with E-state index >= 15 is 0 Å². The predicted molar refractivity (Wildman–Crippen MR) is 73.5 cm³/mol. The van der Waals surface area contributed by atoms with E-state index in [-0.39, 0.29) is 11.8 Å². The number of azide groups is 1. The van der Waals surface area contributed by atoms with Gasteiger partial charge in [-0.05, 0) is 36.4 Å². The number of amides is 1. The zero-order valence-electron chi connectivity index (χ0n) is 11.3. The molecule has 2 rings (SSSR count). The van der Waals surface area contributed by atoms with Crippen LogP contribution in [-0.2, 0) is 11.3 Å². The maximum Gasteiger partial charge on any atom is 0.223 e. The summed E-state index contributed by atoms with van der Waals surface area (Å²) in [4.78, 5) is 16.5. The molecule has 1 fully saturated rings. The van der Waals surface area contributed by atoms with Crippen LogP contribution in [0, 0.1) is 19.8 Å². The number of rotatable bonds is 4. The molecule has 0 spiro atoms. The van der Waals surface area contributed by atoms with Gasteiger partial charge in [-0.2, -0.15) is 0 Å². The minimum Gasteiger partial charge on any atom is -0.338 e. The quantitative estimate of drug-likeness (QED) is 0.465. The van der Waals surface area contributed by atoms with Gasteiger partial charge in [-0.15, -0.1) is 0 Å². The van der Waals surface area contributed by atoms with E-state index in [2.05, 4.69) is 42.1 Å². The molecule has 1 atom stereocenters. The summed E-state index contributed by atoms with van der Waals surface area (Å²) in [5.74, 6) is 0.312. The molecule has 1 aromatic carbocycles. The van der Waals surface area contributed by atoms with Crippen molar-refractivity contribution >= 4 is 5.91 Å². The lowest BCUT2D eigenvalue weighted by atomic mass is 10.1. The highest BCUT2D eigenvalue weighted by Crippen LogP contribution is 2.22. The first-order chi connectivity index (χ1) is 9.10. The molecule has 1 saturated heterocycles. The number of hydrogen-bond donors (Lipinski definition) is 0. The first-order valence-corrected chi connectivity index (χ1v) is 6.45. The van der Waals surface area contributed by atoms with Crippen molar-refractivity contribution in [2.75, 3.05) is 13.1 Å². The van der Waals surface area contributed by atoms with Crippen LogP contribution in [0.4, 0.5) is 0 Å². The van der Waals surface area contributed by atoms with E-state index in [0.29, 0.717) is 26.1 Å². The highest BCUT2D eigenvalue weighted by molar-refractivity contribution is 5.78. The van der Waals surface area contributed by atoms with Crippen molar-refractivity contribution in [2.45, 2.75) is 26.8 Å². The van der Waals surface area contributed by atoms with Gasteiger partial charge in [0, 0.05) is 31.0 Å². The molecule has 0 radical (unpaired) electrons. The first-order valence-electron chi connectivity index (χ1n) is 6.45. The van der Waals surface area contributed by atoms with E-state index in [1.165, 1.54) is 16.7 Å². The Kier molecular flexibility index (Phi) is 4.07. The maximum absolute atomic E-state index is 11.9. The number of carbonyl (C=O) groups is 1. The molecule has 0 aliphatic carbocycles. The number of carbonyl (C=O) groups excluding carboxylic acids is 1. The molecule has 0 N–H and O–H groups in total. The van der Waals surface area contributed by atoms with E-state index < -0.39 is 0 Å². The molecule has 1 aliphatic heterocycles. The average Bonchev–Trinajstić information content (AvgIpc) is 2.71. The number of benzene rings is 1. The van der Waals surface area contributed by atoms with E-state index in [9.17, 15) is 4.79 Å². The number of nitrogens with zero attached hydrogens (tertiary/aromatic N) is 4. The topological polar surface area (TPSA) is 69.1 Å². The molecule has 19 heavy (non-hydrogen) atoms. The number of likely N-dealkylation sites (tertiary alicyclic amines) is 1. The third kappa shape index (κ3) is 3.26. The van der Waals surface area contributed by atoms with Crippen molar-refractivity contribution in [3.8, 4) is 0 Å². The largest absolute Gasteiger partial charge is 0.338 e. The van der Waals surface area contributed by atoms with Crippen LogP contribution >= 0.6 is 0 Å². The van der Waals surface area contributed by atoms with E-state index in [0.717, 1.165) is 0 Å². The summed E-state index contributed by atoms with van der Waals surface area (Å²) in [5, 5.41) is 3.56. The van der Waals surface area contributed by atoms with Gasteiger partial charge in [0.25, 0.3) is 0 Å². The maximum atomic E-state index is 11.9. The third-order valence-corrected chi connectivity index (χ3v) is 3.56. The highest BCUT2D eigenvalue weighted by atomic mass is 16.2. The zero-order chi connectivity index (χ0) is 13.8. The summed E-state index contributed by atoms with van der Waals surface area (Å²) >= 11 is 0. The third-order valence-electron chi connectivity index (χ3n) is 3.56. The monoisotopic (exact) mass is 258 g/mol. The Bertz CT molecular complexity index is 534. The summed E-state index contributed by atoms with van der Waals surface area (Å²) in [6, 6.07) is 6.28. The number of hydrogen-bond acceptors (Lipinski definition) is 2. The van der Waals surface area contributed by atoms with Crippen molar-refractivity contribution in [1.82, 2.24) is 4.90 Å². The molecule has 1 heterocycles. The molecule has 1 amide bonds. The van der Waals surface area contributed by atoms with Crippen molar-refractivity contribution in [1.29, 1.82) is 0 Å². The van der Waals surface area contributed by atoms with Crippen LogP contribution in [-0.4, -0.2) is 23.9 Å². The first kappa shape index (κ1) is 13.4. The van der Waals surface area contributed by atoms with E-state index in [1.807, 2.05) is 4.90 Å². The molecule has 1 aliphatic rings. The molecule has 0 bridgehead atoms. The second kappa shape index (κ2) is 5.76. The normalized spacial score (nSPS) is 18.5. The Morgan fingerprint density at radius 2 is 2.26 bits per heavy atom. The predicted octanol–water partition coefficient (Wildman–Crippen LogP) is 2.96. The standard InChI is InChI=1S/C14H18N4O/c1-10-3-4-13(11(2)5-10)9-18-8-12(6-14(18)19)7-16-17-15/h3-5,12H,6-9H2,1-2H3. The average molecular weight is 258 g/mol. The summed E-state index contributed by atoms with van der Waals surface area (Å²) in [5.41, 5.74) is 11.9. The van der Waals surface area contributed by atoms with Crippen LogP contribution in [0.15, 0.2) is 23.3 Å². The SMILES string of the molecule is Cc1ccc(CN2CC(CN=[N+]=[N-])CC2=O)c(C)c1. The molecule has 0 aromatic heterocycles. The Balaban J connectivity index is 2.03. The van der Waals surface area contributed by atoms with E-state index in [1.54, 1.807) is 0 Å². The lowest BCUT2D eigenvalue weighted by molar-refractivity contribution is -0.128. The molecule has 100 valence electrons. The number of aryl methyl sites for hydroxylation is 2. The second-order valence-corrected chi connectivity index (χ2v) is 5.19. The fourth-order valence-electron chi connectivity index (χ4n) is 2.51. The van der Waals surface area contributed by atoms with Gasteiger partial charge in [-0.1, -0.05) is 28.9 Å². The zero-order valence-corrected chi connectivity index (χ0v) is 11.3. The Labute approximate surface area is 112 Å². The molecule has 1 unspecified atom stereocenters. The van der Waals surface area contributed by atoms with Crippen molar-refractivity contribution in [3.63, 3.8) is 0 Å². The van der Waals surface area contributed by atoms with Gasteiger partial charge in [0.15, 0.2) is 0 Å². The molecule has 5 heteroatoms. The van der Waals surface area contributed by atoms with Crippen LogP contribution in [0.2, 0.25) is 0 Å². The molecule has 5 nitrogen and oxygen atoms in total. The minimum atomic E-state index is 0.151. The summed E-state index contributed by atoms with van der Waals surface area (Å²) in [6.45, 7) is 5.88. The minimum absolute atomic E-state index is 0.151. The fraction of sp³-hybridized carbons (Fsp3) is 0.500. The highest BCUT2D eigenvalue weighted by Gasteiger charge is 2.29. The van der Waals surface area contributed by atoms with Gasteiger partial charge in [0.05, 0.1) is 0 Å². The van der Waals surface area contributed by atoms with Crippen LogP contribution < -0.4 is 0 Å². The summed E-state index contributed by atoms with van der Waals surface area (Å²) in [7, 11) is 0. The van der Waals surface area contributed by atoms with Gasteiger partial charge in [0.2, 0.25) is 5.91 Å². The Morgan fingerprint density at radius 3 is 2.95 bits per heavy atom.